The second kappa shape index (κ2) is 8.08. The van der Waals surface area contributed by atoms with Crippen molar-refractivity contribution in [2.24, 2.45) is 0 Å². The number of unbranched alkanes of at least 4 members (excludes halogenated alkanes) is 3. The molecule has 1 N–H and O–H groups in total. The van der Waals surface area contributed by atoms with E-state index in [2.05, 4.69) is 21.7 Å². The van der Waals surface area contributed by atoms with Gasteiger partial charge in [0.05, 0.1) is 0 Å². The van der Waals surface area contributed by atoms with Gasteiger partial charge in [-0.15, -0.1) is 0 Å². The molecular formula is C16H22FN3S. The van der Waals surface area contributed by atoms with E-state index in [-0.39, 0.29) is 5.82 Å². The summed E-state index contributed by atoms with van der Waals surface area (Å²) >= 11 is 5.29. The largest absolute Gasteiger partial charge is 0.304 e. The van der Waals surface area contributed by atoms with Gasteiger partial charge in [0.15, 0.2) is 4.77 Å². The van der Waals surface area contributed by atoms with Crippen LogP contribution in [0.5, 0.6) is 0 Å². The van der Waals surface area contributed by atoms with E-state index in [4.69, 9.17) is 12.2 Å². The van der Waals surface area contributed by atoms with Gasteiger partial charge >= 0.3 is 0 Å². The first-order valence-electron chi connectivity index (χ1n) is 7.59. The molecule has 0 aliphatic carbocycles. The molecule has 0 saturated carbocycles. The molecule has 3 nitrogen and oxygen atoms in total. The number of nitrogens with zero attached hydrogens (tertiary/aromatic N) is 2. The highest BCUT2D eigenvalue weighted by Crippen LogP contribution is 2.10. The van der Waals surface area contributed by atoms with Crippen LogP contribution in [0.1, 0.15) is 44.0 Å². The van der Waals surface area contributed by atoms with Crippen molar-refractivity contribution in [1.82, 2.24) is 14.8 Å². The number of aromatic amines is 1. The number of hydrogen-bond acceptors (Lipinski definition) is 2. The first-order chi connectivity index (χ1) is 10.2. The number of aryl methyl sites for hydroxylation is 2. The average Bonchev–Trinajstić information content (AvgIpc) is 2.82. The highest BCUT2D eigenvalue weighted by molar-refractivity contribution is 7.71. The molecule has 5 heteroatoms. The maximum Gasteiger partial charge on any atom is 0.195 e. The molecule has 0 atom stereocenters. The summed E-state index contributed by atoms with van der Waals surface area (Å²) in [5.41, 5.74) is 0.987. The molecule has 0 fully saturated rings. The lowest BCUT2D eigenvalue weighted by Crippen LogP contribution is -2.06. The van der Waals surface area contributed by atoms with Crippen molar-refractivity contribution in [3.05, 3.63) is 46.2 Å². The van der Waals surface area contributed by atoms with Gasteiger partial charge in [-0.25, -0.2) is 4.39 Å². The zero-order chi connectivity index (χ0) is 15.1. The van der Waals surface area contributed by atoms with Crippen molar-refractivity contribution in [3.63, 3.8) is 0 Å². The van der Waals surface area contributed by atoms with E-state index in [1.807, 2.05) is 6.07 Å². The Kier molecular flexibility index (Phi) is 6.11. The maximum atomic E-state index is 13.2. The topological polar surface area (TPSA) is 33.6 Å². The number of H-pyrrole nitrogens is 1. The van der Waals surface area contributed by atoms with Crippen LogP contribution in [0.25, 0.3) is 0 Å². The molecule has 0 amide bonds. The van der Waals surface area contributed by atoms with Gasteiger partial charge < -0.3 is 4.57 Å². The van der Waals surface area contributed by atoms with Crippen molar-refractivity contribution >= 4 is 12.2 Å². The first-order valence-corrected chi connectivity index (χ1v) is 8.00. The molecule has 2 rings (SSSR count). The minimum absolute atomic E-state index is 0.189. The van der Waals surface area contributed by atoms with Crippen LogP contribution in [-0.4, -0.2) is 14.8 Å². The number of hydrogen-bond donors (Lipinski definition) is 1. The summed E-state index contributed by atoms with van der Waals surface area (Å²) in [7, 11) is 0. The molecule has 1 heterocycles. The highest BCUT2D eigenvalue weighted by atomic mass is 32.1. The smallest absolute Gasteiger partial charge is 0.195 e. The Morgan fingerprint density at radius 2 is 2.10 bits per heavy atom. The predicted octanol–water partition coefficient (Wildman–Crippen LogP) is 4.45. The van der Waals surface area contributed by atoms with Crippen LogP contribution in [0.3, 0.4) is 0 Å². The number of halogens is 1. The van der Waals surface area contributed by atoms with E-state index >= 15 is 0 Å². The standard InChI is InChI=1S/C16H22FN3S/c1-2-3-4-5-11-20-15(18-19-16(20)21)10-9-13-7-6-8-14(17)12-13/h6-8,12H,2-5,9-11H2,1H3,(H,19,21). The Balaban J connectivity index is 1.95. The molecular weight excluding hydrogens is 285 g/mol. The van der Waals surface area contributed by atoms with Gasteiger partial charge in [-0.1, -0.05) is 38.3 Å². The van der Waals surface area contributed by atoms with Gasteiger partial charge in [-0.3, -0.25) is 5.10 Å². The maximum absolute atomic E-state index is 13.2. The molecule has 1 aromatic carbocycles. The molecule has 0 bridgehead atoms. The summed E-state index contributed by atoms with van der Waals surface area (Å²) in [6.45, 7) is 3.11. The zero-order valence-electron chi connectivity index (χ0n) is 12.4. The van der Waals surface area contributed by atoms with Crippen molar-refractivity contribution in [2.45, 2.75) is 52.0 Å². The third-order valence-corrected chi connectivity index (χ3v) is 3.91. The van der Waals surface area contributed by atoms with Crippen LogP contribution in [0.4, 0.5) is 4.39 Å². The summed E-state index contributed by atoms with van der Waals surface area (Å²) in [4.78, 5) is 0. The molecule has 0 aliphatic rings. The molecule has 21 heavy (non-hydrogen) atoms. The number of nitrogens with one attached hydrogen (secondary N) is 1. The van der Waals surface area contributed by atoms with E-state index in [0.29, 0.717) is 4.77 Å². The molecule has 114 valence electrons. The molecule has 0 aliphatic heterocycles. The number of rotatable bonds is 8. The van der Waals surface area contributed by atoms with Gasteiger partial charge in [0, 0.05) is 13.0 Å². The van der Waals surface area contributed by atoms with Gasteiger partial charge in [0.1, 0.15) is 11.6 Å². The number of benzene rings is 1. The van der Waals surface area contributed by atoms with Crippen LogP contribution in [0, 0.1) is 10.6 Å². The van der Waals surface area contributed by atoms with Crippen molar-refractivity contribution in [3.8, 4) is 0 Å². The normalized spacial score (nSPS) is 11.0. The van der Waals surface area contributed by atoms with Crippen LogP contribution in [0.15, 0.2) is 24.3 Å². The third-order valence-electron chi connectivity index (χ3n) is 3.60. The van der Waals surface area contributed by atoms with E-state index in [0.717, 1.165) is 37.2 Å². The SMILES string of the molecule is CCCCCCn1c(CCc2cccc(F)c2)n[nH]c1=S. The quantitative estimate of drug-likeness (QED) is 0.577. The lowest BCUT2D eigenvalue weighted by Gasteiger charge is -2.07. The second-order valence-corrected chi connectivity index (χ2v) is 5.67. The Labute approximate surface area is 130 Å². The summed E-state index contributed by atoms with van der Waals surface area (Å²) in [5.74, 6) is 0.770. The van der Waals surface area contributed by atoms with Crippen molar-refractivity contribution < 1.29 is 4.39 Å². The van der Waals surface area contributed by atoms with Gasteiger partial charge in [0.25, 0.3) is 0 Å². The van der Waals surface area contributed by atoms with Crippen LogP contribution >= 0.6 is 12.2 Å². The number of aromatic nitrogens is 3. The molecule has 0 spiro atoms. The summed E-state index contributed by atoms with van der Waals surface area (Å²) in [6, 6.07) is 6.72. The molecule has 0 saturated heterocycles. The van der Waals surface area contributed by atoms with Crippen LogP contribution in [0.2, 0.25) is 0 Å². The fourth-order valence-electron chi connectivity index (χ4n) is 2.42. The lowest BCUT2D eigenvalue weighted by atomic mass is 10.1. The molecule has 1 aromatic heterocycles. The zero-order valence-corrected chi connectivity index (χ0v) is 13.3. The second-order valence-electron chi connectivity index (χ2n) is 5.29. The minimum Gasteiger partial charge on any atom is -0.304 e. The van der Waals surface area contributed by atoms with E-state index in [9.17, 15) is 4.39 Å². The highest BCUT2D eigenvalue weighted by Gasteiger charge is 2.06. The Bertz CT molecular complexity index is 618. The monoisotopic (exact) mass is 307 g/mol. The molecule has 0 unspecified atom stereocenters. The van der Waals surface area contributed by atoms with E-state index in [1.165, 1.54) is 25.3 Å². The third kappa shape index (κ3) is 4.77. The van der Waals surface area contributed by atoms with Crippen LogP contribution < -0.4 is 0 Å². The predicted molar refractivity (Wildman–Crippen MR) is 85.4 cm³/mol. The molecule has 2 aromatic rings. The summed E-state index contributed by atoms with van der Waals surface area (Å²) < 4.78 is 15.9. The average molecular weight is 307 g/mol. The Morgan fingerprint density at radius 1 is 1.24 bits per heavy atom. The van der Waals surface area contributed by atoms with Gasteiger partial charge in [-0.05, 0) is 42.8 Å². The van der Waals surface area contributed by atoms with Gasteiger partial charge in [0.2, 0.25) is 0 Å². The van der Waals surface area contributed by atoms with Crippen LogP contribution in [-0.2, 0) is 19.4 Å². The Hall–Kier alpha value is -1.49. The minimum atomic E-state index is -0.189. The summed E-state index contributed by atoms with van der Waals surface area (Å²) in [6.07, 6.45) is 6.35. The Morgan fingerprint density at radius 3 is 2.86 bits per heavy atom. The van der Waals surface area contributed by atoms with E-state index in [1.54, 1.807) is 12.1 Å². The molecule has 0 radical (unpaired) electrons. The van der Waals surface area contributed by atoms with Gasteiger partial charge in [-0.2, -0.15) is 5.10 Å². The van der Waals surface area contributed by atoms with E-state index < -0.39 is 0 Å². The van der Waals surface area contributed by atoms with Crippen molar-refractivity contribution in [1.29, 1.82) is 0 Å². The lowest BCUT2D eigenvalue weighted by molar-refractivity contribution is 0.559. The van der Waals surface area contributed by atoms with Crippen molar-refractivity contribution in [2.75, 3.05) is 0 Å². The fourth-order valence-corrected chi connectivity index (χ4v) is 2.66. The first kappa shape index (κ1) is 15.9. The summed E-state index contributed by atoms with van der Waals surface area (Å²) in [5, 5.41) is 7.17. The fraction of sp³-hybridized carbons (Fsp3) is 0.500.